The number of hydrogen-bond acceptors (Lipinski definition) is 4. The number of nitrogens with zero attached hydrogens (tertiary/aromatic N) is 2. The third-order valence-electron chi connectivity index (χ3n) is 4.35. The number of nitrogens with one attached hydrogen (secondary N) is 2. The number of anilines is 1. The molecular weight excluding hydrogens is 344 g/mol. The zero-order chi connectivity index (χ0) is 19.4. The maximum Gasteiger partial charge on any atom is 0.274 e. The van der Waals surface area contributed by atoms with Gasteiger partial charge in [-0.15, -0.1) is 0 Å². The van der Waals surface area contributed by atoms with E-state index < -0.39 is 0 Å². The van der Waals surface area contributed by atoms with E-state index in [0.29, 0.717) is 22.6 Å². The molecule has 0 spiro atoms. The molecule has 140 valence electrons. The van der Waals surface area contributed by atoms with Gasteiger partial charge in [-0.05, 0) is 36.2 Å². The highest BCUT2D eigenvalue weighted by molar-refractivity contribution is 6.04. The smallest absolute Gasteiger partial charge is 0.274 e. The zero-order valence-electron chi connectivity index (χ0n) is 15.2. The number of carbonyl (C=O) groups excluding carboxylic acids is 2. The lowest BCUT2D eigenvalue weighted by molar-refractivity contribution is 0.0896. The molecule has 0 unspecified atom stereocenters. The quantitative estimate of drug-likeness (QED) is 0.624. The SMILES string of the molecule is CC(C)[C@H](CO)NC(=O)c1cccc(NC(=O)c2cnc3ccccn23)c1. The molecule has 0 saturated carbocycles. The number of hydrogen-bond donors (Lipinski definition) is 3. The Morgan fingerprint density at radius 1 is 1.15 bits per heavy atom. The molecule has 27 heavy (non-hydrogen) atoms. The fraction of sp³-hybridized carbons (Fsp3) is 0.250. The van der Waals surface area contributed by atoms with Crippen LogP contribution in [0.4, 0.5) is 5.69 Å². The summed E-state index contributed by atoms with van der Waals surface area (Å²) in [5.41, 5.74) is 1.99. The minimum atomic E-state index is -0.325. The molecular formula is C20H22N4O3. The van der Waals surface area contributed by atoms with Crippen LogP contribution < -0.4 is 10.6 Å². The molecule has 0 aliphatic carbocycles. The molecule has 0 bridgehead atoms. The average Bonchev–Trinajstić information content (AvgIpc) is 3.10. The highest BCUT2D eigenvalue weighted by Crippen LogP contribution is 2.14. The maximum atomic E-state index is 12.6. The van der Waals surface area contributed by atoms with Gasteiger partial charge in [-0.25, -0.2) is 4.98 Å². The topological polar surface area (TPSA) is 95.7 Å². The van der Waals surface area contributed by atoms with Crippen LogP contribution in [0, 0.1) is 5.92 Å². The summed E-state index contributed by atoms with van der Waals surface area (Å²) in [6, 6.07) is 11.8. The van der Waals surface area contributed by atoms with Gasteiger partial charge in [0.1, 0.15) is 11.3 Å². The molecule has 0 fully saturated rings. The first-order valence-electron chi connectivity index (χ1n) is 8.75. The van der Waals surface area contributed by atoms with Gasteiger partial charge in [0.25, 0.3) is 11.8 Å². The predicted molar refractivity (Wildman–Crippen MR) is 103 cm³/mol. The Hall–Kier alpha value is -3.19. The first-order chi connectivity index (χ1) is 13.0. The molecule has 3 aromatic rings. The van der Waals surface area contributed by atoms with Gasteiger partial charge in [-0.3, -0.25) is 14.0 Å². The van der Waals surface area contributed by atoms with Crippen molar-refractivity contribution in [2.24, 2.45) is 5.92 Å². The number of amides is 2. The van der Waals surface area contributed by atoms with Crippen molar-refractivity contribution in [1.82, 2.24) is 14.7 Å². The number of rotatable bonds is 6. The van der Waals surface area contributed by atoms with Crippen molar-refractivity contribution in [2.45, 2.75) is 19.9 Å². The van der Waals surface area contributed by atoms with E-state index in [2.05, 4.69) is 15.6 Å². The lowest BCUT2D eigenvalue weighted by Gasteiger charge is -2.20. The lowest BCUT2D eigenvalue weighted by Crippen LogP contribution is -2.41. The second-order valence-corrected chi connectivity index (χ2v) is 6.61. The Morgan fingerprint density at radius 2 is 1.96 bits per heavy atom. The molecule has 1 aromatic carbocycles. The molecule has 3 N–H and O–H groups in total. The number of aliphatic hydroxyl groups excluding tert-OH is 1. The summed E-state index contributed by atoms with van der Waals surface area (Å²) in [6.45, 7) is 3.72. The zero-order valence-corrected chi connectivity index (χ0v) is 15.2. The fourth-order valence-corrected chi connectivity index (χ4v) is 2.71. The van der Waals surface area contributed by atoms with E-state index in [4.69, 9.17) is 0 Å². The molecule has 7 nitrogen and oxygen atoms in total. The Morgan fingerprint density at radius 3 is 2.70 bits per heavy atom. The summed E-state index contributed by atoms with van der Waals surface area (Å²) in [7, 11) is 0. The van der Waals surface area contributed by atoms with Crippen molar-refractivity contribution < 1.29 is 14.7 Å². The van der Waals surface area contributed by atoms with Crippen molar-refractivity contribution in [3.8, 4) is 0 Å². The molecule has 0 aliphatic rings. The number of aromatic nitrogens is 2. The number of pyridine rings is 1. The Labute approximate surface area is 157 Å². The van der Waals surface area contributed by atoms with Crippen molar-refractivity contribution in [2.75, 3.05) is 11.9 Å². The lowest BCUT2D eigenvalue weighted by atomic mass is 10.0. The largest absolute Gasteiger partial charge is 0.394 e. The Balaban J connectivity index is 1.75. The molecule has 2 amide bonds. The van der Waals surface area contributed by atoms with Crippen LogP contribution in [0.2, 0.25) is 0 Å². The number of fused-ring (bicyclic) bond motifs is 1. The molecule has 0 radical (unpaired) electrons. The Kier molecular flexibility index (Phi) is 5.52. The van der Waals surface area contributed by atoms with E-state index in [9.17, 15) is 14.7 Å². The predicted octanol–water partition coefficient (Wildman–Crippen LogP) is 2.33. The van der Waals surface area contributed by atoms with E-state index in [0.717, 1.165) is 0 Å². The van der Waals surface area contributed by atoms with Crippen molar-refractivity contribution in [1.29, 1.82) is 0 Å². The molecule has 2 heterocycles. The second kappa shape index (κ2) is 8.01. The summed E-state index contributed by atoms with van der Waals surface area (Å²) < 4.78 is 1.69. The van der Waals surface area contributed by atoms with Gasteiger partial charge in [0, 0.05) is 17.4 Å². The van der Waals surface area contributed by atoms with E-state index in [-0.39, 0.29) is 30.4 Å². The van der Waals surface area contributed by atoms with Gasteiger partial charge in [0.2, 0.25) is 0 Å². The highest BCUT2D eigenvalue weighted by atomic mass is 16.3. The average molecular weight is 366 g/mol. The number of carbonyl (C=O) groups is 2. The van der Waals surface area contributed by atoms with Crippen LogP contribution in [-0.4, -0.2) is 39.0 Å². The molecule has 0 saturated heterocycles. The molecule has 3 rings (SSSR count). The van der Waals surface area contributed by atoms with Gasteiger partial charge >= 0.3 is 0 Å². The van der Waals surface area contributed by atoms with Gasteiger partial charge in [-0.1, -0.05) is 26.0 Å². The van der Waals surface area contributed by atoms with Gasteiger partial charge in [-0.2, -0.15) is 0 Å². The summed E-state index contributed by atoms with van der Waals surface area (Å²) >= 11 is 0. The van der Waals surface area contributed by atoms with Crippen LogP contribution in [-0.2, 0) is 0 Å². The molecule has 0 aliphatic heterocycles. The molecule has 1 atom stereocenters. The minimum absolute atomic E-state index is 0.108. The maximum absolute atomic E-state index is 12.6. The van der Waals surface area contributed by atoms with Crippen molar-refractivity contribution in [3.63, 3.8) is 0 Å². The van der Waals surface area contributed by atoms with Crippen molar-refractivity contribution >= 4 is 23.1 Å². The van der Waals surface area contributed by atoms with Crippen molar-refractivity contribution in [3.05, 3.63) is 66.1 Å². The number of imidazole rings is 1. The van der Waals surface area contributed by atoms with Crippen LogP contribution in [0.1, 0.15) is 34.7 Å². The molecule has 2 aromatic heterocycles. The van der Waals surface area contributed by atoms with Crippen LogP contribution in [0.25, 0.3) is 5.65 Å². The summed E-state index contributed by atoms with van der Waals surface area (Å²) in [5, 5.41) is 15.0. The van der Waals surface area contributed by atoms with Crippen LogP contribution in [0.5, 0.6) is 0 Å². The fourth-order valence-electron chi connectivity index (χ4n) is 2.71. The first-order valence-corrected chi connectivity index (χ1v) is 8.75. The summed E-state index contributed by atoms with van der Waals surface area (Å²) in [4.78, 5) is 29.2. The van der Waals surface area contributed by atoms with Crippen LogP contribution in [0.3, 0.4) is 0 Å². The third kappa shape index (κ3) is 4.15. The van der Waals surface area contributed by atoms with Crippen LogP contribution in [0.15, 0.2) is 54.9 Å². The van der Waals surface area contributed by atoms with E-state index >= 15 is 0 Å². The monoisotopic (exact) mass is 366 g/mol. The normalized spacial score (nSPS) is 12.1. The van der Waals surface area contributed by atoms with E-state index in [1.54, 1.807) is 34.9 Å². The molecule has 7 heteroatoms. The third-order valence-corrected chi connectivity index (χ3v) is 4.35. The van der Waals surface area contributed by atoms with E-state index in [1.807, 2.05) is 32.0 Å². The number of benzene rings is 1. The van der Waals surface area contributed by atoms with E-state index in [1.165, 1.54) is 6.20 Å². The summed E-state index contributed by atoms with van der Waals surface area (Å²) in [6.07, 6.45) is 3.28. The second-order valence-electron chi connectivity index (χ2n) is 6.61. The van der Waals surface area contributed by atoms with Gasteiger partial charge < -0.3 is 15.7 Å². The standard InChI is InChI=1S/C20H22N4O3/c1-13(2)16(12-25)23-19(26)14-6-5-7-15(10-14)22-20(27)17-11-21-18-8-3-4-9-24(17)18/h3-11,13,16,25H,12H2,1-2H3,(H,22,27)(H,23,26)/t16-/m0/s1. The Bertz CT molecular complexity index is 965. The van der Waals surface area contributed by atoms with Gasteiger partial charge in [0.15, 0.2) is 0 Å². The highest BCUT2D eigenvalue weighted by Gasteiger charge is 2.17. The van der Waals surface area contributed by atoms with Gasteiger partial charge in [0.05, 0.1) is 18.8 Å². The number of aliphatic hydroxyl groups is 1. The minimum Gasteiger partial charge on any atom is -0.394 e. The van der Waals surface area contributed by atoms with Crippen LogP contribution >= 0.6 is 0 Å². The first kappa shape index (κ1) is 18.6. The summed E-state index contributed by atoms with van der Waals surface area (Å²) in [5.74, 6) is -0.507.